The number of carbonyl (C=O) groups is 1. The van der Waals surface area contributed by atoms with Crippen LogP contribution in [-0.2, 0) is 6.54 Å². The molecule has 0 amide bonds. The minimum absolute atomic E-state index is 0.0620. The highest BCUT2D eigenvalue weighted by molar-refractivity contribution is 6.30. The number of rotatable bonds is 10. The Labute approximate surface area is 240 Å². The largest absolute Gasteiger partial charge is 0.618 e. The van der Waals surface area contributed by atoms with Crippen molar-refractivity contribution in [3.8, 4) is 17.2 Å². The summed E-state index contributed by atoms with van der Waals surface area (Å²) in [7, 11) is 1.56. The fourth-order valence-electron chi connectivity index (χ4n) is 5.61. The third-order valence-corrected chi connectivity index (χ3v) is 7.86. The number of allylic oxidation sites excluding steroid dienone is 2. The molecule has 2 aliphatic rings. The first-order chi connectivity index (χ1) is 19.4. The molecule has 2 unspecified atom stereocenters. The Balaban J connectivity index is 1.55. The van der Waals surface area contributed by atoms with Crippen LogP contribution in [0.4, 0.5) is 0 Å². The average molecular weight is 563 g/mol. The van der Waals surface area contributed by atoms with Gasteiger partial charge in [-0.1, -0.05) is 55.3 Å². The first kappa shape index (κ1) is 27.8. The van der Waals surface area contributed by atoms with Gasteiger partial charge in [-0.2, -0.15) is 4.74 Å². The molecule has 1 aliphatic carbocycles. The standard InChI is InChI=1S/C32H35ClN2O5/c1-4-10-25(30(36)22-11-6-5-7-12-22)32(39-28-16-15-24(33)17-21(28)2)40-29-20-34-18-23-13-8-9-14-26(23)35(37)19-27(34)31(29)38-3/h5-7,11-12,14-17,19-20,23,25,32H,4,8-10,13,18H2,1-3H3/t23-,25?,32?/m0/s1. The van der Waals surface area contributed by atoms with Gasteiger partial charge in [-0.15, -0.1) is 0 Å². The van der Waals surface area contributed by atoms with Crippen LogP contribution in [-0.4, -0.2) is 34.7 Å². The van der Waals surface area contributed by atoms with Gasteiger partial charge in [-0.25, -0.2) is 0 Å². The molecule has 0 bridgehead atoms. The monoisotopic (exact) mass is 562 g/mol. The number of Topliss-reactive ketones (excluding diaryl/α,β-unsaturated/α-hetero) is 1. The molecule has 8 heteroatoms. The number of ketones is 1. The van der Waals surface area contributed by atoms with Crippen molar-refractivity contribution in [1.82, 2.24) is 4.57 Å². The summed E-state index contributed by atoms with van der Waals surface area (Å²) in [5.74, 6) is 0.885. The van der Waals surface area contributed by atoms with E-state index < -0.39 is 12.2 Å². The summed E-state index contributed by atoms with van der Waals surface area (Å²) in [4.78, 5) is 13.8. The van der Waals surface area contributed by atoms with E-state index in [2.05, 4.69) is 0 Å². The molecule has 2 aromatic carbocycles. The fraction of sp³-hybridized carbons (Fsp3) is 0.375. The van der Waals surface area contributed by atoms with Crippen LogP contribution in [0.5, 0.6) is 17.2 Å². The van der Waals surface area contributed by atoms with Crippen molar-refractivity contribution >= 4 is 23.6 Å². The van der Waals surface area contributed by atoms with Crippen molar-refractivity contribution in [2.24, 2.45) is 11.8 Å². The maximum atomic E-state index is 13.8. The maximum absolute atomic E-state index is 13.8. The zero-order valence-electron chi connectivity index (χ0n) is 23.1. The number of aryl methyl sites for hydroxylation is 1. The molecule has 3 atom stereocenters. The molecule has 0 fully saturated rings. The summed E-state index contributed by atoms with van der Waals surface area (Å²) < 4.78 is 21.8. The highest BCUT2D eigenvalue weighted by Gasteiger charge is 2.36. The third-order valence-electron chi connectivity index (χ3n) is 7.63. The summed E-state index contributed by atoms with van der Waals surface area (Å²) in [5, 5.41) is 13.7. The highest BCUT2D eigenvalue weighted by Crippen LogP contribution is 2.39. The lowest BCUT2D eigenvalue weighted by atomic mass is 9.92. The second-order valence-electron chi connectivity index (χ2n) is 10.4. The van der Waals surface area contributed by atoms with Crippen molar-refractivity contribution in [3.05, 3.63) is 93.6 Å². The SMILES string of the molecule is CCCC(C(=O)c1ccccc1)C(Oc1ccc(Cl)cc1C)Oc1cn2c(c1OC)C=[N+]([O-])C1=CCCC[C@H]1C2. The van der Waals surface area contributed by atoms with Gasteiger partial charge in [0, 0.05) is 17.1 Å². The van der Waals surface area contributed by atoms with E-state index in [0.717, 1.165) is 41.7 Å². The van der Waals surface area contributed by atoms with Crippen molar-refractivity contribution in [1.29, 1.82) is 0 Å². The van der Waals surface area contributed by atoms with Gasteiger partial charge in [0.1, 0.15) is 5.75 Å². The molecule has 5 rings (SSSR count). The van der Waals surface area contributed by atoms with Crippen LogP contribution in [0.15, 0.2) is 66.5 Å². The predicted molar refractivity (Wildman–Crippen MR) is 156 cm³/mol. The van der Waals surface area contributed by atoms with Gasteiger partial charge in [-0.3, -0.25) is 4.79 Å². The van der Waals surface area contributed by atoms with Crippen molar-refractivity contribution in [2.45, 2.75) is 58.8 Å². The minimum atomic E-state index is -0.957. The number of benzene rings is 2. The second-order valence-corrected chi connectivity index (χ2v) is 10.9. The van der Waals surface area contributed by atoms with Crippen LogP contribution in [0.1, 0.15) is 60.6 Å². The first-order valence-electron chi connectivity index (χ1n) is 13.9. The number of hydrogen-bond donors (Lipinski definition) is 0. The van der Waals surface area contributed by atoms with E-state index in [9.17, 15) is 10.0 Å². The number of halogens is 1. The third kappa shape index (κ3) is 5.75. The Hall–Kier alpha value is -3.71. The van der Waals surface area contributed by atoms with Crippen LogP contribution in [0.3, 0.4) is 0 Å². The normalized spacial score (nSPS) is 17.9. The number of fused-ring (bicyclic) bond motifs is 2. The molecule has 0 spiro atoms. The van der Waals surface area contributed by atoms with Crippen molar-refractivity contribution < 1.29 is 23.7 Å². The molecule has 7 nitrogen and oxygen atoms in total. The molecule has 2 heterocycles. The van der Waals surface area contributed by atoms with Crippen LogP contribution in [0, 0.1) is 24.0 Å². The summed E-state index contributed by atoms with van der Waals surface area (Å²) in [6.45, 7) is 4.57. The molecule has 1 aliphatic heterocycles. The summed E-state index contributed by atoms with van der Waals surface area (Å²) in [5.41, 5.74) is 2.86. The van der Waals surface area contributed by atoms with E-state index in [0.29, 0.717) is 46.5 Å². The van der Waals surface area contributed by atoms with Gasteiger partial charge in [0.25, 0.3) is 6.29 Å². The van der Waals surface area contributed by atoms with Gasteiger partial charge in [0.05, 0.1) is 25.1 Å². The lowest BCUT2D eigenvalue weighted by molar-refractivity contribution is -0.406. The number of aromatic nitrogens is 1. The van der Waals surface area contributed by atoms with E-state index in [4.69, 9.17) is 25.8 Å². The Bertz CT molecular complexity index is 1430. The van der Waals surface area contributed by atoms with Gasteiger partial charge in [0.2, 0.25) is 6.21 Å². The lowest BCUT2D eigenvalue weighted by Gasteiger charge is -2.28. The summed E-state index contributed by atoms with van der Waals surface area (Å²) in [6, 6.07) is 14.6. The van der Waals surface area contributed by atoms with Crippen molar-refractivity contribution in [2.75, 3.05) is 7.11 Å². The molecule has 210 valence electrons. The molecule has 40 heavy (non-hydrogen) atoms. The summed E-state index contributed by atoms with van der Waals surface area (Å²) in [6.07, 6.45) is 8.71. The van der Waals surface area contributed by atoms with Crippen LogP contribution in [0.25, 0.3) is 0 Å². The summed E-state index contributed by atoms with van der Waals surface area (Å²) >= 11 is 6.20. The van der Waals surface area contributed by atoms with Crippen LogP contribution < -0.4 is 14.2 Å². The molecule has 0 radical (unpaired) electrons. The smallest absolute Gasteiger partial charge is 0.251 e. The van der Waals surface area contributed by atoms with Crippen molar-refractivity contribution in [3.63, 3.8) is 0 Å². The number of methoxy groups -OCH3 is 1. The van der Waals surface area contributed by atoms with E-state index >= 15 is 0 Å². The lowest BCUT2D eigenvalue weighted by Crippen LogP contribution is -2.38. The first-order valence-corrected chi connectivity index (χ1v) is 14.2. The Morgan fingerprint density at radius 2 is 1.95 bits per heavy atom. The number of nitrogens with zero attached hydrogens (tertiary/aromatic N) is 2. The Kier molecular flexibility index (Phi) is 8.50. The molecular formula is C32H35ClN2O5. The number of ether oxygens (including phenoxy) is 3. The number of carbonyl (C=O) groups excluding carboxylic acids is 1. The topological polar surface area (TPSA) is 75.8 Å². The average Bonchev–Trinajstić information content (AvgIpc) is 3.20. The van der Waals surface area contributed by atoms with E-state index in [1.165, 1.54) is 0 Å². The van der Waals surface area contributed by atoms with E-state index in [1.54, 1.807) is 25.5 Å². The molecular weight excluding hydrogens is 528 g/mol. The van der Waals surface area contributed by atoms with E-state index in [-0.39, 0.29) is 11.7 Å². The molecule has 0 saturated carbocycles. The minimum Gasteiger partial charge on any atom is -0.618 e. The Morgan fingerprint density at radius 1 is 1.18 bits per heavy atom. The van der Waals surface area contributed by atoms with E-state index in [1.807, 2.05) is 67.1 Å². The molecule has 1 aromatic heterocycles. The molecule has 0 saturated heterocycles. The fourth-order valence-corrected chi connectivity index (χ4v) is 5.83. The highest BCUT2D eigenvalue weighted by atomic mass is 35.5. The van der Waals surface area contributed by atoms with Gasteiger partial charge in [0.15, 0.2) is 28.7 Å². The maximum Gasteiger partial charge on any atom is 0.251 e. The predicted octanol–water partition coefficient (Wildman–Crippen LogP) is 7.17. The van der Waals surface area contributed by atoms with Crippen LogP contribution >= 0.6 is 11.6 Å². The molecule has 3 aromatic rings. The number of hydrogen-bond acceptors (Lipinski definition) is 5. The van der Waals surface area contributed by atoms with Gasteiger partial charge in [-0.05, 0) is 62.4 Å². The number of hydroxylamine groups is 1. The second kappa shape index (κ2) is 12.2. The van der Waals surface area contributed by atoms with Gasteiger partial charge >= 0.3 is 0 Å². The quantitative estimate of drug-likeness (QED) is 0.113. The zero-order valence-corrected chi connectivity index (χ0v) is 23.9. The molecule has 0 N–H and O–H groups in total. The van der Waals surface area contributed by atoms with Gasteiger partial charge < -0.3 is 24.0 Å². The van der Waals surface area contributed by atoms with Crippen LogP contribution in [0.2, 0.25) is 5.02 Å². The Morgan fingerprint density at radius 3 is 2.67 bits per heavy atom. The zero-order chi connectivity index (χ0) is 28.2.